The van der Waals surface area contributed by atoms with Gasteiger partial charge in [0.05, 0.1) is 11.3 Å². The van der Waals surface area contributed by atoms with Gasteiger partial charge in [-0.05, 0) is 29.8 Å². The number of hydrogen-bond acceptors (Lipinski definition) is 4. The van der Waals surface area contributed by atoms with Crippen molar-refractivity contribution in [2.45, 2.75) is 19.5 Å². The number of nitrogens with one attached hydrogen (secondary N) is 2. The molecule has 0 fully saturated rings. The van der Waals surface area contributed by atoms with Crippen molar-refractivity contribution in [3.8, 4) is 0 Å². The second kappa shape index (κ2) is 7.59. The Hall–Kier alpha value is -2.94. The van der Waals surface area contributed by atoms with Crippen molar-refractivity contribution in [3.63, 3.8) is 0 Å². The number of anilines is 1. The molecule has 2 amide bonds. The first-order chi connectivity index (χ1) is 13.1. The first kappa shape index (κ1) is 19.8. The van der Waals surface area contributed by atoms with Gasteiger partial charge in [0.2, 0.25) is 5.91 Å². The van der Waals surface area contributed by atoms with Gasteiger partial charge in [-0.25, -0.2) is 10.4 Å². The molecule has 1 aliphatic rings. The normalized spacial score (nSPS) is 17.0. The fourth-order valence-electron chi connectivity index (χ4n) is 2.70. The summed E-state index contributed by atoms with van der Waals surface area (Å²) in [4.78, 5) is 27.2. The summed E-state index contributed by atoms with van der Waals surface area (Å²) in [6.45, 7) is 1.87. The Bertz CT molecular complexity index is 958. The molecule has 0 radical (unpaired) electrons. The highest BCUT2D eigenvalue weighted by atomic mass is 35.5. The Morgan fingerprint density at radius 2 is 1.93 bits per heavy atom. The summed E-state index contributed by atoms with van der Waals surface area (Å²) in [6.07, 6.45) is -4.32. The monoisotopic (exact) mass is 410 g/mol. The van der Waals surface area contributed by atoms with Gasteiger partial charge in [0, 0.05) is 18.0 Å². The molecule has 1 aromatic heterocycles. The van der Waals surface area contributed by atoms with Crippen molar-refractivity contribution in [3.05, 3.63) is 58.4 Å². The molecule has 0 bridgehead atoms. The number of hydrogen-bond donors (Lipinski definition) is 2. The lowest BCUT2D eigenvalue weighted by Crippen LogP contribution is -2.31. The maximum Gasteiger partial charge on any atom is 0.416 e. The standard InChI is InChI=1S/C18H14ClF3N4O2/c1-9-6-15(27)25-26-16(9)10-2-4-12(5-3-10)23-17(28)13-7-11(18(20,21)22)8-14(19)24-13/h2-5,7-9H,6H2,1H3,(H,23,28)(H,25,27). The lowest BCUT2D eigenvalue weighted by Gasteiger charge is -2.19. The van der Waals surface area contributed by atoms with E-state index in [1.165, 1.54) is 0 Å². The first-order valence-corrected chi connectivity index (χ1v) is 8.54. The Balaban J connectivity index is 1.77. The molecule has 146 valence electrons. The number of pyridine rings is 1. The van der Waals surface area contributed by atoms with Gasteiger partial charge in [-0.3, -0.25) is 9.59 Å². The van der Waals surface area contributed by atoms with Gasteiger partial charge >= 0.3 is 6.18 Å². The summed E-state index contributed by atoms with van der Waals surface area (Å²) in [5.74, 6) is -1.05. The van der Waals surface area contributed by atoms with Crippen LogP contribution in [0.1, 0.15) is 35.0 Å². The number of carbonyl (C=O) groups excluding carboxylic acids is 2. The molecule has 0 aliphatic carbocycles. The molecule has 0 saturated carbocycles. The Morgan fingerprint density at radius 1 is 1.25 bits per heavy atom. The van der Waals surface area contributed by atoms with E-state index >= 15 is 0 Å². The van der Waals surface area contributed by atoms with E-state index in [4.69, 9.17) is 11.6 Å². The first-order valence-electron chi connectivity index (χ1n) is 8.16. The average molecular weight is 411 g/mol. The smallest absolute Gasteiger partial charge is 0.321 e. The summed E-state index contributed by atoms with van der Waals surface area (Å²) in [7, 11) is 0. The van der Waals surface area contributed by atoms with E-state index < -0.39 is 28.5 Å². The van der Waals surface area contributed by atoms with E-state index in [0.29, 0.717) is 30.0 Å². The fraction of sp³-hybridized carbons (Fsp3) is 0.222. The van der Waals surface area contributed by atoms with Crippen LogP contribution in [0.5, 0.6) is 0 Å². The van der Waals surface area contributed by atoms with Gasteiger partial charge < -0.3 is 5.32 Å². The van der Waals surface area contributed by atoms with Crippen LogP contribution in [0.3, 0.4) is 0 Å². The van der Waals surface area contributed by atoms with Crippen LogP contribution in [0.25, 0.3) is 0 Å². The number of aromatic nitrogens is 1. The van der Waals surface area contributed by atoms with E-state index in [-0.39, 0.29) is 11.8 Å². The zero-order chi connectivity index (χ0) is 20.5. The van der Waals surface area contributed by atoms with Crippen molar-refractivity contribution in [2.75, 3.05) is 5.32 Å². The highest BCUT2D eigenvalue weighted by molar-refractivity contribution is 6.29. The Labute approximate surface area is 162 Å². The molecule has 0 saturated heterocycles. The minimum Gasteiger partial charge on any atom is -0.321 e. The molecule has 1 atom stereocenters. The minimum atomic E-state index is -4.64. The van der Waals surface area contributed by atoms with Crippen LogP contribution in [0.15, 0.2) is 41.5 Å². The topological polar surface area (TPSA) is 83.5 Å². The number of amides is 2. The van der Waals surface area contributed by atoms with E-state index in [0.717, 1.165) is 5.56 Å². The molecule has 10 heteroatoms. The molecule has 2 heterocycles. The fourth-order valence-corrected chi connectivity index (χ4v) is 2.91. The zero-order valence-electron chi connectivity index (χ0n) is 14.5. The van der Waals surface area contributed by atoms with Crippen molar-refractivity contribution >= 4 is 34.8 Å². The third kappa shape index (κ3) is 4.48. The minimum absolute atomic E-state index is 0.0642. The molecule has 28 heavy (non-hydrogen) atoms. The van der Waals surface area contributed by atoms with Crippen molar-refractivity contribution in [1.82, 2.24) is 10.4 Å². The summed E-state index contributed by atoms with van der Waals surface area (Å²) < 4.78 is 38.6. The summed E-state index contributed by atoms with van der Waals surface area (Å²) >= 11 is 5.60. The molecule has 1 unspecified atom stereocenters. The summed E-state index contributed by atoms with van der Waals surface area (Å²) in [6, 6.07) is 7.82. The lowest BCUT2D eigenvalue weighted by molar-refractivity contribution is -0.137. The summed E-state index contributed by atoms with van der Waals surface area (Å²) in [5.41, 5.74) is 2.73. The largest absolute Gasteiger partial charge is 0.416 e. The van der Waals surface area contributed by atoms with Gasteiger partial charge in [0.1, 0.15) is 10.8 Å². The number of hydrazone groups is 1. The molecular formula is C18H14ClF3N4O2. The number of nitrogens with zero attached hydrogens (tertiary/aromatic N) is 2. The van der Waals surface area contributed by atoms with Crippen LogP contribution in [0.2, 0.25) is 5.15 Å². The molecule has 1 aromatic carbocycles. The molecule has 6 nitrogen and oxygen atoms in total. The van der Waals surface area contributed by atoms with Crippen molar-refractivity contribution in [1.29, 1.82) is 0 Å². The van der Waals surface area contributed by atoms with Crippen LogP contribution >= 0.6 is 11.6 Å². The highest BCUT2D eigenvalue weighted by Crippen LogP contribution is 2.31. The molecule has 0 spiro atoms. The van der Waals surface area contributed by atoms with Gasteiger partial charge in [-0.2, -0.15) is 18.3 Å². The predicted octanol–water partition coefficient (Wildman–Crippen LogP) is 3.87. The molecule has 2 aromatic rings. The van der Waals surface area contributed by atoms with Crippen LogP contribution in [0.4, 0.5) is 18.9 Å². The van der Waals surface area contributed by atoms with Crippen LogP contribution < -0.4 is 10.7 Å². The summed E-state index contributed by atoms with van der Waals surface area (Å²) in [5, 5.41) is 6.09. The number of rotatable bonds is 3. The molecule has 3 rings (SSSR count). The lowest BCUT2D eigenvalue weighted by atomic mass is 9.94. The highest BCUT2D eigenvalue weighted by Gasteiger charge is 2.32. The average Bonchev–Trinajstić information content (AvgIpc) is 2.61. The van der Waals surface area contributed by atoms with Gasteiger partial charge in [-0.15, -0.1) is 0 Å². The second-order valence-electron chi connectivity index (χ2n) is 6.23. The van der Waals surface area contributed by atoms with E-state index in [9.17, 15) is 22.8 Å². The number of halogens is 4. The Morgan fingerprint density at radius 3 is 2.54 bits per heavy atom. The second-order valence-corrected chi connectivity index (χ2v) is 6.62. The van der Waals surface area contributed by atoms with E-state index in [1.807, 2.05) is 6.92 Å². The maximum absolute atomic E-state index is 12.9. The number of carbonyl (C=O) groups is 2. The van der Waals surface area contributed by atoms with Crippen LogP contribution in [-0.2, 0) is 11.0 Å². The zero-order valence-corrected chi connectivity index (χ0v) is 15.2. The molecule has 2 N–H and O–H groups in total. The van der Waals surface area contributed by atoms with E-state index in [1.54, 1.807) is 24.3 Å². The quantitative estimate of drug-likeness (QED) is 0.753. The van der Waals surface area contributed by atoms with Gasteiger partial charge in [0.25, 0.3) is 5.91 Å². The van der Waals surface area contributed by atoms with Crippen molar-refractivity contribution in [2.24, 2.45) is 11.0 Å². The third-order valence-corrected chi connectivity index (χ3v) is 4.25. The van der Waals surface area contributed by atoms with Crippen LogP contribution in [-0.4, -0.2) is 22.5 Å². The molecular weight excluding hydrogens is 397 g/mol. The number of alkyl halides is 3. The maximum atomic E-state index is 12.9. The van der Waals surface area contributed by atoms with Gasteiger partial charge in [0.15, 0.2) is 0 Å². The van der Waals surface area contributed by atoms with E-state index in [2.05, 4.69) is 20.8 Å². The predicted molar refractivity (Wildman–Crippen MR) is 97.1 cm³/mol. The number of benzene rings is 1. The SMILES string of the molecule is CC1CC(=O)NN=C1c1ccc(NC(=O)c2cc(C(F)(F)F)cc(Cl)n2)cc1. The Kier molecular flexibility index (Phi) is 5.37. The van der Waals surface area contributed by atoms with Gasteiger partial charge in [-0.1, -0.05) is 30.7 Å². The van der Waals surface area contributed by atoms with Crippen LogP contribution in [0, 0.1) is 5.92 Å². The molecule has 1 aliphatic heterocycles. The third-order valence-electron chi connectivity index (χ3n) is 4.05. The van der Waals surface area contributed by atoms with Crippen molar-refractivity contribution < 1.29 is 22.8 Å².